The van der Waals surface area contributed by atoms with Gasteiger partial charge in [-0.3, -0.25) is 4.79 Å². The van der Waals surface area contributed by atoms with Gasteiger partial charge in [-0.1, -0.05) is 19.4 Å². The van der Waals surface area contributed by atoms with Crippen molar-refractivity contribution >= 4 is 17.3 Å². The Balaban J connectivity index is 2.06. The summed E-state index contributed by atoms with van der Waals surface area (Å²) in [6, 6.07) is 12.6. The number of aliphatic hydroxyl groups is 2. The van der Waals surface area contributed by atoms with Gasteiger partial charge in [0.2, 0.25) is 0 Å². The standard InChI is InChI=1S/C20H26N2O3/c1-3-4-11-22(2)19-9-6-15(7-10-19)20(25)21-18-8-5-16(13-23)17(12-18)14-24/h5-10,12,23-24H,3-4,11,13-14H2,1-2H3,(H,21,25). The molecule has 0 atom stereocenters. The summed E-state index contributed by atoms with van der Waals surface area (Å²) < 4.78 is 0. The zero-order valence-corrected chi connectivity index (χ0v) is 14.8. The molecule has 0 heterocycles. The van der Waals surface area contributed by atoms with Crippen LogP contribution >= 0.6 is 0 Å². The summed E-state index contributed by atoms with van der Waals surface area (Å²) in [7, 11) is 2.05. The zero-order valence-electron chi connectivity index (χ0n) is 14.8. The number of anilines is 2. The number of unbranched alkanes of at least 4 members (excludes halogenated alkanes) is 1. The van der Waals surface area contributed by atoms with Crippen LogP contribution in [0.3, 0.4) is 0 Å². The second-order valence-corrected chi connectivity index (χ2v) is 6.08. The number of amides is 1. The van der Waals surface area contributed by atoms with Crippen LogP contribution in [-0.2, 0) is 13.2 Å². The van der Waals surface area contributed by atoms with Crippen LogP contribution in [0.25, 0.3) is 0 Å². The fourth-order valence-corrected chi connectivity index (χ4v) is 2.60. The van der Waals surface area contributed by atoms with Crippen LogP contribution in [0.1, 0.15) is 41.3 Å². The number of rotatable bonds is 8. The van der Waals surface area contributed by atoms with E-state index in [-0.39, 0.29) is 19.1 Å². The van der Waals surface area contributed by atoms with Crippen molar-refractivity contribution in [2.75, 3.05) is 23.8 Å². The van der Waals surface area contributed by atoms with Crippen LogP contribution in [0.4, 0.5) is 11.4 Å². The maximum Gasteiger partial charge on any atom is 0.255 e. The monoisotopic (exact) mass is 342 g/mol. The Bertz CT molecular complexity index is 699. The van der Waals surface area contributed by atoms with Crippen molar-refractivity contribution in [3.63, 3.8) is 0 Å². The molecule has 3 N–H and O–H groups in total. The lowest BCUT2D eigenvalue weighted by atomic mass is 10.1. The molecule has 0 fully saturated rings. The Kier molecular flexibility index (Phi) is 6.98. The SMILES string of the molecule is CCCCN(C)c1ccc(C(=O)Nc2ccc(CO)c(CO)c2)cc1. The smallest absolute Gasteiger partial charge is 0.255 e. The normalized spacial score (nSPS) is 10.6. The molecular formula is C20H26N2O3. The second kappa shape index (κ2) is 9.20. The van der Waals surface area contributed by atoms with Crippen molar-refractivity contribution < 1.29 is 15.0 Å². The molecule has 0 radical (unpaired) electrons. The number of aliphatic hydroxyl groups excluding tert-OH is 2. The Labute approximate surface area is 148 Å². The number of benzene rings is 2. The molecule has 2 rings (SSSR count). The highest BCUT2D eigenvalue weighted by Crippen LogP contribution is 2.19. The second-order valence-electron chi connectivity index (χ2n) is 6.08. The molecule has 0 saturated carbocycles. The average Bonchev–Trinajstić information content (AvgIpc) is 2.66. The highest BCUT2D eigenvalue weighted by atomic mass is 16.3. The molecule has 134 valence electrons. The van der Waals surface area contributed by atoms with Crippen molar-refractivity contribution in [3.05, 3.63) is 59.2 Å². The van der Waals surface area contributed by atoms with Crippen molar-refractivity contribution in [2.45, 2.75) is 33.0 Å². The molecule has 0 unspecified atom stereocenters. The van der Waals surface area contributed by atoms with Crippen LogP contribution in [0.5, 0.6) is 0 Å². The van der Waals surface area contributed by atoms with Gasteiger partial charge < -0.3 is 20.4 Å². The molecule has 0 saturated heterocycles. The molecule has 0 aliphatic rings. The fourth-order valence-electron chi connectivity index (χ4n) is 2.60. The average molecular weight is 342 g/mol. The van der Waals surface area contributed by atoms with Crippen molar-refractivity contribution in [1.82, 2.24) is 0 Å². The van der Waals surface area contributed by atoms with Gasteiger partial charge in [0.1, 0.15) is 0 Å². The number of hydrogen-bond donors (Lipinski definition) is 3. The maximum atomic E-state index is 12.4. The summed E-state index contributed by atoms with van der Waals surface area (Å²) in [6.07, 6.45) is 2.28. The maximum absolute atomic E-state index is 12.4. The Morgan fingerprint density at radius 2 is 1.72 bits per heavy atom. The molecule has 5 heteroatoms. The molecule has 0 aromatic heterocycles. The third kappa shape index (κ3) is 5.05. The Morgan fingerprint density at radius 3 is 2.32 bits per heavy atom. The van der Waals surface area contributed by atoms with Crippen molar-refractivity contribution in [1.29, 1.82) is 0 Å². The molecule has 0 aliphatic heterocycles. The van der Waals surface area contributed by atoms with E-state index < -0.39 is 0 Å². The Morgan fingerprint density at radius 1 is 1.04 bits per heavy atom. The molecule has 0 spiro atoms. The van der Waals surface area contributed by atoms with E-state index in [1.54, 1.807) is 18.2 Å². The molecule has 2 aromatic rings. The van der Waals surface area contributed by atoms with E-state index in [1.807, 2.05) is 31.3 Å². The number of nitrogens with zero attached hydrogens (tertiary/aromatic N) is 1. The van der Waals surface area contributed by atoms with Crippen LogP contribution in [-0.4, -0.2) is 29.7 Å². The van der Waals surface area contributed by atoms with E-state index in [0.717, 1.165) is 25.1 Å². The van der Waals surface area contributed by atoms with Gasteiger partial charge in [-0.05, 0) is 53.9 Å². The predicted molar refractivity (Wildman–Crippen MR) is 101 cm³/mol. The van der Waals surface area contributed by atoms with Crippen LogP contribution in [0.2, 0.25) is 0 Å². The quantitative estimate of drug-likeness (QED) is 0.689. The van der Waals surface area contributed by atoms with Gasteiger partial charge in [-0.25, -0.2) is 0 Å². The minimum absolute atomic E-state index is 0.142. The first-order chi connectivity index (χ1) is 12.1. The molecule has 0 aliphatic carbocycles. The topological polar surface area (TPSA) is 72.8 Å². The van der Waals surface area contributed by atoms with Gasteiger partial charge in [0.25, 0.3) is 5.91 Å². The van der Waals surface area contributed by atoms with E-state index in [4.69, 9.17) is 0 Å². The largest absolute Gasteiger partial charge is 0.392 e. The van der Waals surface area contributed by atoms with Gasteiger partial charge in [-0.15, -0.1) is 0 Å². The predicted octanol–water partition coefficient (Wildman–Crippen LogP) is 3.16. The van der Waals surface area contributed by atoms with E-state index in [9.17, 15) is 15.0 Å². The third-order valence-electron chi connectivity index (χ3n) is 4.22. The first-order valence-electron chi connectivity index (χ1n) is 8.55. The van der Waals surface area contributed by atoms with Gasteiger partial charge in [0.05, 0.1) is 13.2 Å². The van der Waals surface area contributed by atoms with Crippen LogP contribution < -0.4 is 10.2 Å². The summed E-state index contributed by atoms with van der Waals surface area (Å²) in [4.78, 5) is 14.6. The highest BCUT2D eigenvalue weighted by molar-refractivity contribution is 6.04. The van der Waals surface area contributed by atoms with Crippen molar-refractivity contribution in [2.24, 2.45) is 0 Å². The van der Waals surface area contributed by atoms with Gasteiger partial charge in [0, 0.05) is 30.5 Å². The minimum atomic E-state index is -0.205. The van der Waals surface area contributed by atoms with Crippen LogP contribution in [0, 0.1) is 0 Å². The summed E-state index contributed by atoms with van der Waals surface area (Å²) in [6.45, 7) is 2.83. The fraction of sp³-hybridized carbons (Fsp3) is 0.350. The van der Waals surface area contributed by atoms with Gasteiger partial charge in [-0.2, -0.15) is 0 Å². The summed E-state index contributed by atoms with van der Waals surface area (Å²) in [5, 5.41) is 21.4. The summed E-state index contributed by atoms with van der Waals surface area (Å²) in [5.74, 6) is -0.205. The molecule has 2 aromatic carbocycles. The number of hydrogen-bond acceptors (Lipinski definition) is 4. The van der Waals surface area contributed by atoms with Crippen molar-refractivity contribution in [3.8, 4) is 0 Å². The first kappa shape index (κ1) is 19.0. The lowest BCUT2D eigenvalue weighted by Gasteiger charge is -2.19. The summed E-state index contributed by atoms with van der Waals surface area (Å²) >= 11 is 0. The highest BCUT2D eigenvalue weighted by Gasteiger charge is 2.09. The summed E-state index contributed by atoms with van der Waals surface area (Å²) in [5.41, 5.74) is 3.51. The molecular weight excluding hydrogens is 316 g/mol. The van der Waals surface area contributed by atoms with E-state index >= 15 is 0 Å². The van der Waals surface area contributed by atoms with Gasteiger partial charge in [0.15, 0.2) is 0 Å². The lowest BCUT2D eigenvalue weighted by molar-refractivity contribution is 0.102. The van der Waals surface area contributed by atoms with Gasteiger partial charge >= 0.3 is 0 Å². The van der Waals surface area contributed by atoms with E-state index in [0.29, 0.717) is 22.4 Å². The number of nitrogens with one attached hydrogen (secondary N) is 1. The first-order valence-corrected chi connectivity index (χ1v) is 8.55. The number of carbonyl (C=O) groups is 1. The zero-order chi connectivity index (χ0) is 18.2. The molecule has 1 amide bonds. The van der Waals surface area contributed by atoms with Crippen LogP contribution in [0.15, 0.2) is 42.5 Å². The van der Waals surface area contributed by atoms with E-state index in [2.05, 4.69) is 17.1 Å². The lowest BCUT2D eigenvalue weighted by Crippen LogP contribution is -2.18. The Hall–Kier alpha value is -2.37. The number of carbonyl (C=O) groups excluding carboxylic acids is 1. The third-order valence-corrected chi connectivity index (χ3v) is 4.22. The van der Waals surface area contributed by atoms with E-state index in [1.165, 1.54) is 0 Å². The minimum Gasteiger partial charge on any atom is -0.392 e. The molecule has 5 nitrogen and oxygen atoms in total. The molecule has 0 bridgehead atoms. The molecule has 25 heavy (non-hydrogen) atoms.